The van der Waals surface area contributed by atoms with E-state index in [1.165, 1.54) is 0 Å². The Morgan fingerprint density at radius 1 is 1.26 bits per heavy atom. The van der Waals surface area contributed by atoms with Crippen molar-refractivity contribution in [3.05, 3.63) is 34.3 Å². The van der Waals surface area contributed by atoms with Gasteiger partial charge in [0.1, 0.15) is 0 Å². The Balaban J connectivity index is 2.21. The van der Waals surface area contributed by atoms with Crippen LogP contribution in [0, 0.1) is 0 Å². The lowest BCUT2D eigenvalue weighted by molar-refractivity contribution is -0.135. The molecule has 0 radical (unpaired) electrons. The van der Waals surface area contributed by atoms with Gasteiger partial charge in [-0.2, -0.15) is 0 Å². The Bertz CT molecular complexity index is 447. The molecular formula is C14H20BrN3O. The van der Waals surface area contributed by atoms with E-state index in [0.717, 1.165) is 23.1 Å². The number of nitrogens with zero attached hydrogens (tertiary/aromatic N) is 2. The second-order valence-corrected chi connectivity index (χ2v) is 6.06. The SMILES string of the molecule is CC(N)C(c1ccc(Br)cc1)N1CCN(C)C(=O)C1. The fourth-order valence-electron chi connectivity index (χ4n) is 2.52. The lowest BCUT2D eigenvalue weighted by Crippen LogP contribution is -2.52. The van der Waals surface area contributed by atoms with Crippen LogP contribution in [0.2, 0.25) is 0 Å². The summed E-state index contributed by atoms with van der Waals surface area (Å²) >= 11 is 3.44. The van der Waals surface area contributed by atoms with E-state index in [2.05, 4.69) is 33.0 Å². The molecule has 1 aliphatic heterocycles. The number of nitrogens with two attached hydrogens (primary N) is 1. The van der Waals surface area contributed by atoms with Gasteiger partial charge in [-0.15, -0.1) is 0 Å². The quantitative estimate of drug-likeness (QED) is 0.918. The number of hydrogen-bond donors (Lipinski definition) is 1. The fraction of sp³-hybridized carbons (Fsp3) is 0.500. The van der Waals surface area contributed by atoms with Crippen LogP contribution < -0.4 is 5.73 Å². The molecule has 104 valence electrons. The summed E-state index contributed by atoms with van der Waals surface area (Å²) < 4.78 is 1.05. The molecule has 0 aliphatic carbocycles. The molecule has 1 aromatic carbocycles. The van der Waals surface area contributed by atoms with Crippen molar-refractivity contribution in [1.82, 2.24) is 9.80 Å². The highest BCUT2D eigenvalue weighted by Crippen LogP contribution is 2.26. The molecule has 2 rings (SSSR count). The number of halogens is 1. The van der Waals surface area contributed by atoms with Gasteiger partial charge in [0.2, 0.25) is 5.91 Å². The lowest BCUT2D eigenvalue weighted by atomic mass is 9.98. The van der Waals surface area contributed by atoms with Crippen LogP contribution >= 0.6 is 15.9 Å². The topological polar surface area (TPSA) is 49.6 Å². The molecule has 0 saturated carbocycles. The Morgan fingerprint density at radius 3 is 2.42 bits per heavy atom. The first-order chi connectivity index (χ1) is 8.99. The van der Waals surface area contributed by atoms with Crippen molar-refractivity contribution in [3.63, 3.8) is 0 Å². The van der Waals surface area contributed by atoms with E-state index in [1.807, 2.05) is 26.1 Å². The van der Waals surface area contributed by atoms with E-state index in [1.54, 1.807) is 4.90 Å². The largest absolute Gasteiger partial charge is 0.343 e. The molecule has 1 aromatic rings. The van der Waals surface area contributed by atoms with Crippen LogP contribution in [0.4, 0.5) is 0 Å². The molecule has 2 N–H and O–H groups in total. The third-order valence-corrected chi connectivity index (χ3v) is 4.12. The van der Waals surface area contributed by atoms with Gasteiger partial charge in [0.25, 0.3) is 0 Å². The molecule has 0 spiro atoms. The van der Waals surface area contributed by atoms with Crippen molar-refractivity contribution in [2.45, 2.75) is 19.0 Å². The van der Waals surface area contributed by atoms with Gasteiger partial charge < -0.3 is 10.6 Å². The molecule has 2 atom stereocenters. The van der Waals surface area contributed by atoms with Crippen LogP contribution in [0.25, 0.3) is 0 Å². The molecule has 19 heavy (non-hydrogen) atoms. The minimum absolute atomic E-state index is 0.0163. The summed E-state index contributed by atoms with van der Waals surface area (Å²) in [6, 6.07) is 8.25. The molecule has 2 unspecified atom stereocenters. The molecule has 1 amide bonds. The minimum atomic E-state index is -0.0163. The van der Waals surface area contributed by atoms with Crippen molar-refractivity contribution in [3.8, 4) is 0 Å². The van der Waals surface area contributed by atoms with Gasteiger partial charge in [-0.25, -0.2) is 0 Å². The average Bonchev–Trinajstić information content (AvgIpc) is 2.36. The van der Waals surface area contributed by atoms with Crippen molar-refractivity contribution in [1.29, 1.82) is 0 Å². The zero-order valence-electron chi connectivity index (χ0n) is 11.3. The Morgan fingerprint density at radius 2 is 1.89 bits per heavy atom. The first-order valence-corrected chi connectivity index (χ1v) is 7.27. The molecule has 5 heteroatoms. The van der Waals surface area contributed by atoms with Crippen molar-refractivity contribution < 1.29 is 4.79 Å². The number of carbonyl (C=O) groups is 1. The number of piperazine rings is 1. The Hall–Kier alpha value is -0.910. The van der Waals surface area contributed by atoms with E-state index in [4.69, 9.17) is 5.73 Å². The highest BCUT2D eigenvalue weighted by Gasteiger charge is 2.30. The number of amides is 1. The van der Waals surface area contributed by atoms with Crippen molar-refractivity contribution in [2.75, 3.05) is 26.7 Å². The summed E-state index contributed by atoms with van der Waals surface area (Å²) in [5.74, 6) is 0.161. The lowest BCUT2D eigenvalue weighted by Gasteiger charge is -2.39. The normalized spacial score (nSPS) is 20.4. The molecule has 1 heterocycles. The predicted octanol–water partition coefficient (Wildman–Crippen LogP) is 1.61. The summed E-state index contributed by atoms with van der Waals surface area (Å²) in [5, 5.41) is 0. The summed E-state index contributed by atoms with van der Waals surface area (Å²) in [6.45, 7) is 4.07. The average molecular weight is 326 g/mol. The Labute approximate surface area is 122 Å². The van der Waals surface area contributed by atoms with Gasteiger partial charge in [0.15, 0.2) is 0 Å². The smallest absolute Gasteiger partial charge is 0.236 e. The number of hydrogen-bond acceptors (Lipinski definition) is 3. The number of carbonyl (C=O) groups excluding carboxylic acids is 1. The van der Waals surface area contributed by atoms with Gasteiger partial charge in [-0.3, -0.25) is 9.69 Å². The van der Waals surface area contributed by atoms with E-state index in [-0.39, 0.29) is 18.0 Å². The van der Waals surface area contributed by atoms with Crippen LogP contribution in [0.5, 0.6) is 0 Å². The van der Waals surface area contributed by atoms with Crippen LogP contribution in [0.1, 0.15) is 18.5 Å². The second-order valence-electron chi connectivity index (χ2n) is 5.14. The van der Waals surface area contributed by atoms with Crippen LogP contribution in [-0.2, 0) is 4.79 Å². The highest BCUT2D eigenvalue weighted by molar-refractivity contribution is 9.10. The third kappa shape index (κ3) is 3.35. The van der Waals surface area contributed by atoms with Crippen molar-refractivity contribution >= 4 is 21.8 Å². The summed E-state index contributed by atoms with van der Waals surface area (Å²) in [4.78, 5) is 15.8. The first-order valence-electron chi connectivity index (χ1n) is 6.48. The number of rotatable bonds is 3. The minimum Gasteiger partial charge on any atom is -0.343 e. The highest BCUT2D eigenvalue weighted by atomic mass is 79.9. The van der Waals surface area contributed by atoms with Gasteiger partial charge in [-0.05, 0) is 24.6 Å². The molecule has 0 aromatic heterocycles. The van der Waals surface area contributed by atoms with Crippen LogP contribution in [-0.4, -0.2) is 48.4 Å². The first kappa shape index (κ1) is 14.5. The van der Waals surface area contributed by atoms with Crippen LogP contribution in [0.3, 0.4) is 0 Å². The molecule has 0 bridgehead atoms. The predicted molar refractivity (Wildman–Crippen MR) is 79.7 cm³/mol. The number of benzene rings is 1. The van der Waals surface area contributed by atoms with Gasteiger partial charge in [0.05, 0.1) is 12.6 Å². The maximum Gasteiger partial charge on any atom is 0.236 e. The summed E-state index contributed by atoms with van der Waals surface area (Å²) in [6.07, 6.45) is 0. The fourth-order valence-corrected chi connectivity index (χ4v) is 2.79. The molecule has 4 nitrogen and oxygen atoms in total. The number of likely N-dealkylation sites (N-methyl/N-ethyl adjacent to an activating group) is 1. The molecule has 1 saturated heterocycles. The molecule has 1 aliphatic rings. The maximum atomic E-state index is 11.9. The maximum absolute atomic E-state index is 11.9. The van der Waals surface area contributed by atoms with Gasteiger partial charge in [-0.1, -0.05) is 28.1 Å². The van der Waals surface area contributed by atoms with Crippen molar-refractivity contribution in [2.24, 2.45) is 5.73 Å². The molecule has 1 fully saturated rings. The van der Waals surface area contributed by atoms with Crippen LogP contribution in [0.15, 0.2) is 28.7 Å². The third-order valence-electron chi connectivity index (χ3n) is 3.59. The van der Waals surface area contributed by atoms with E-state index < -0.39 is 0 Å². The van der Waals surface area contributed by atoms with Gasteiger partial charge >= 0.3 is 0 Å². The summed E-state index contributed by atoms with van der Waals surface area (Å²) in [5.41, 5.74) is 7.30. The van der Waals surface area contributed by atoms with E-state index >= 15 is 0 Å². The monoisotopic (exact) mass is 325 g/mol. The zero-order valence-corrected chi connectivity index (χ0v) is 12.9. The second kappa shape index (κ2) is 6.03. The summed E-state index contributed by atoms with van der Waals surface area (Å²) in [7, 11) is 1.85. The Kier molecular flexibility index (Phi) is 4.60. The van der Waals surface area contributed by atoms with Gasteiger partial charge in [0, 0.05) is 30.7 Å². The molecular weight excluding hydrogens is 306 g/mol. The van der Waals surface area contributed by atoms with E-state index in [0.29, 0.717) is 6.54 Å². The standard InChI is InChI=1S/C14H20BrN3O/c1-10(16)14(11-3-5-12(15)6-4-11)18-8-7-17(2)13(19)9-18/h3-6,10,14H,7-9,16H2,1-2H3. The zero-order chi connectivity index (χ0) is 14.0. The van der Waals surface area contributed by atoms with E-state index in [9.17, 15) is 4.79 Å².